The number of rotatable bonds is 5. The van der Waals surface area contributed by atoms with Gasteiger partial charge in [0.15, 0.2) is 0 Å². The molecule has 3 rings (SSSR count). The average molecular weight is 319 g/mol. The second kappa shape index (κ2) is 7.18. The summed E-state index contributed by atoms with van der Waals surface area (Å²) in [6, 6.07) is 21.6. The lowest BCUT2D eigenvalue weighted by Gasteiger charge is -2.17. The van der Waals surface area contributed by atoms with Gasteiger partial charge in [-0.05, 0) is 36.2 Å². The van der Waals surface area contributed by atoms with Crippen LogP contribution in [0.5, 0.6) is 5.75 Å². The summed E-state index contributed by atoms with van der Waals surface area (Å²) in [7, 11) is 0. The number of carbonyl (C=O) groups excluding carboxylic acids is 1. The van der Waals surface area contributed by atoms with E-state index in [-0.39, 0.29) is 11.9 Å². The molecule has 0 aromatic heterocycles. The van der Waals surface area contributed by atoms with E-state index in [1.54, 1.807) is 0 Å². The van der Waals surface area contributed by atoms with Crippen molar-refractivity contribution in [2.75, 3.05) is 6.61 Å². The highest BCUT2D eigenvalue weighted by atomic mass is 16.5. The molecule has 1 amide bonds. The Balaban J connectivity index is 1.97. The lowest BCUT2D eigenvalue weighted by Crippen LogP contribution is -2.27. The topological polar surface area (TPSA) is 38.3 Å². The van der Waals surface area contributed by atoms with Crippen molar-refractivity contribution in [2.24, 2.45) is 0 Å². The summed E-state index contributed by atoms with van der Waals surface area (Å²) in [4.78, 5) is 12.9. The van der Waals surface area contributed by atoms with Crippen molar-refractivity contribution in [3.63, 3.8) is 0 Å². The highest BCUT2D eigenvalue weighted by molar-refractivity contribution is 6.09. The number of hydrogen-bond donors (Lipinski definition) is 1. The number of hydrogen-bond acceptors (Lipinski definition) is 2. The van der Waals surface area contributed by atoms with Gasteiger partial charge in [0, 0.05) is 0 Å². The molecule has 0 aliphatic heterocycles. The molecular formula is C21H21NO2. The third-order valence-electron chi connectivity index (χ3n) is 4.06. The van der Waals surface area contributed by atoms with Gasteiger partial charge in [0.2, 0.25) is 0 Å². The van der Waals surface area contributed by atoms with E-state index in [0.29, 0.717) is 17.9 Å². The summed E-state index contributed by atoms with van der Waals surface area (Å²) in [5.74, 6) is 0.501. The standard InChI is InChI=1S/C21H21NO2/c1-3-24-19-14-13-17-11-7-8-12-18(17)20(19)21(23)22-15(2)16-9-5-4-6-10-16/h4-15H,3H2,1-2H3,(H,22,23)/t15-/m1/s1. The zero-order valence-corrected chi connectivity index (χ0v) is 14.0. The Hall–Kier alpha value is -2.81. The molecule has 3 heteroatoms. The first-order valence-electron chi connectivity index (χ1n) is 8.21. The van der Waals surface area contributed by atoms with E-state index < -0.39 is 0 Å². The molecule has 0 heterocycles. The van der Waals surface area contributed by atoms with Gasteiger partial charge in [-0.15, -0.1) is 0 Å². The van der Waals surface area contributed by atoms with Gasteiger partial charge in [0.1, 0.15) is 5.75 Å². The fraction of sp³-hybridized carbons (Fsp3) is 0.190. The number of ether oxygens (including phenoxy) is 1. The number of amides is 1. The Bertz CT molecular complexity index is 843. The van der Waals surface area contributed by atoms with Crippen LogP contribution in [0.2, 0.25) is 0 Å². The molecule has 0 saturated heterocycles. The molecule has 0 aliphatic carbocycles. The highest BCUT2D eigenvalue weighted by Crippen LogP contribution is 2.29. The maximum absolute atomic E-state index is 12.9. The monoisotopic (exact) mass is 319 g/mol. The number of nitrogens with one attached hydrogen (secondary N) is 1. The Morgan fingerprint density at radius 3 is 2.46 bits per heavy atom. The SMILES string of the molecule is CCOc1ccc2ccccc2c1C(=O)N[C@H](C)c1ccccc1. The third-order valence-corrected chi connectivity index (χ3v) is 4.06. The lowest BCUT2D eigenvalue weighted by molar-refractivity contribution is 0.0938. The maximum Gasteiger partial charge on any atom is 0.256 e. The summed E-state index contributed by atoms with van der Waals surface area (Å²) in [6.45, 7) is 4.43. The zero-order valence-electron chi connectivity index (χ0n) is 14.0. The molecule has 0 spiro atoms. The molecule has 0 aliphatic rings. The van der Waals surface area contributed by atoms with Gasteiger partial charge < -0.3 is 10.1 Å². The van der Waals surface area contributed by atoms with Crippen LogP contribution in [-0.2, 0) is 0 Å². The first kappa shape index (κ1) is 16.1. The van der Waals surface area contributed by atoms with Crippen molar-refractivity contribution in [3.05, 3.63) is 77.9 Å². The molecule has 122 valence electrons. The predicted molar refractivity (Wildman–Crippen MR) is 97.4 cm³/mol. The van der Waals surface area contributed by atoms with Crippen LogP contribution in [0.1, 0.15) is 35.8 Å². The van der Waals surface area contributed by atoms with E-state index in [1.165, 1.54) is 0 Å². The van der Waals surface area contributed by atoms with Crippen LogP contribution in [0.4, 0.5) is 0 Å². The fourth-order valence-corrected chi connectivity index (χ4v) is 2.86. The van der Waals surface area contributed by atoms with Crippen LogP contribution in [0.3, 0.4) is 0 Å². The summed E-state index contributed by atoms with van der Waals surface area (Å²) in [6.07, 6.45) is 0. The van der Waals surface area contributed by atoms with Crippen molar-refractivity contribution < 1.29 is 9.53 Å². The van der Waals surface area contributed by atoms with Gasteiger partial charge in [0.05, 0.1) is 18.2 Å². The molecule has 3 aromatic carbocycles. The number of fused-ring (bicyclic) bond motifs is 1. The third kappa shape index (κ3) is 3.25. The molecule has 24 heavy (non-hydrogen) atoms. The molecule has 1 atom stereocenters. The largest absolute Gasteiger partial charge is 0.493 e. The Morgan fingerprint density at radius 2 is 1.71 bits per heavy atom. The van der Waals surface area contributed by atoms with Gasteiger partial charge >= 0.3 is 0 Å². The average Bonchev–Trinajstić information content (AvgIpc) is 2.62. The number of carbonyl (C=O) groups is 1. The quantitative estimate of drug-likeness (QED) is 0.738. The molecule has 3 nitrogen and oxygen atoms in total. The van der Waals surface area contributed by atoms with E-state index in [9.17, 15) is 4.79 Å². The Morgan fingerprint density at radius 1 is 1.00 bits per heavy atom. The van der Waals surface area contributed by atoms with Crippen LogP contribution in [0.25, 0.3) is 10.8 Å². The van der Waals surface area contributed by atoms with Crippen LogP contribution in [0, 0.1) is 0 Å². The van der Waals surface area contributed by atoms with Gasteiger partial charge in [-0.2, -0.15) is 0 Å². The molecule has 3 aromatic rings. The van der Waals surface area contributed by atoms with Crippen molar-refractivity contribution in [2.45, 2.75) is 19.9 Å². The van der Waals surface area contributed by atoms with Crippen LogP contribution in [-0.4, -0.2) is 12.5 Å². The summed E-state index contributed by atoms with van der Waals surface area (Å²) in [5, 5.41) is 5.01. The molecule has 0 unspecified atom stereocenters. The summed E-state index contributed by atoms with van der Waals surface area (Å²) >= 11 is 0. The second-order valence-electron chi connectivity index (χ2n) is 5.70. The van der Waals surface area contributed by atoms with Crippen molar-refractivity contribution in [1.82, 2.24) is 5.32 Å². The van der Waals surface area contributed by atoms with Crippen molar-refractivity contribution in [3.8, 4) is 5.75 Å². The van der Waals surface area contributed by atoms with Gasteiger partial charge in [-0.1, -0.05) is 60.7 Å². The molecular weight excluding hydrogens is 298 g/mol. The lowest BCUT2D eigenvalue weighted by atomic mass is 10.0. The first-order chi connectivity index (χ1) is 11.7. The molecule has 0 saturated carbocycles. The minimum atomic E-state index is -0.119. The Labute approximate surface area is 142 Å². The summed E-state index contributed by atoms with van der Waals surface area (Å²) in [5.41, 5.74) is 1.67. The van der Waals surface area contributed by atoms with Crippen LogP contribution in [0.15, 0.2) is 66.7 Å². The fourth-order valence-electron chi connectivity index (χ4n) is 2.86. The molecule has 0 bridgehead atoms. The Kier molecular flexibility index (Phi) is 4.80. The van der Waals surface area contributed by atoms with Gasteiger partial charge in [0.25, 0.3) is 5.91 Å². The van der Waals surface area contributed by atoms with Crippen LogP contribution < -0.4 is 10.1 Å². The molecule has 0 fully saturated rings. The van der Waals surface area contributed by atoms with E-state index in [4.69, 9.17) is 4.74 Å². The second-order valence-corrected chi connectivity index (χ2v) is 5.70. The van der Waals surface area contributed by atoms with Crippen LogP contribution >= 0.6 is 0 Å². The van der Waals surface area contributed by atoms with E-state index in [0.717, 1.165) is 16.3 Å². The van der Waals surface area contributed by atoms with Gasteiger partial charge in [-0.3, -0.25) is 4.79 Å². The van der Waals surface area contributed by atoms with E-state index in [1.807, 2.05) is 80.6 Å². The predicted octanol–water partition coefficient (Wildman–Crippen LogP) is 4.73. The summed E-state index contributed by atoms with van der Waals surface area (Å²) < 4.78 is 5.69. The minimum Gasteiger partial charge on any atom is -0.493 e. The molecule has 1 N–H and O–H groups in total. The minimum absolute atomic E-state index is 0.0767. The molecule has 0 radical (unpaired) electrons. The zero-order chi connectivity index (χ0) is 16.9. The van der Waals surface area contributed by atoms with Crippen molar-refractivity contribution >= 4 is 16.7 Å². The van der Waals surface area contributed by atoms with E-state index >= 15 is 0 Å². The van der Waals surface area contributed by atoms with Crippen molar-refractivity contribution in [1.29, 1.82) is 0 Å². The van der Waals surface area contributed by atoms with E-state index in [2.05, 4.69) is 5.32 Å². The first-order valence-corrected chi connectivity index (χ1v) is 8.21. The normalized spacial score (nSPS) is 11.9. The highest BCUT2D eigenvalue weighted by Gasteiger charge is 2.18. The van der Waals surface area contributed by atoms with Gasteiger partial charge in [-0.25, -0.2) is 0 Å². The maximum atomic E-state index is 12.9. The smallest absolute Gasteiger partial charge is 0.256 e. The number of benzene rings is 3.